The SMILES string of the molecule is COc1ccc(NC(=O)CNc2ccccc2OC(F)F)cc1S(=O)(=O)N1CCOCC1. The summed E-state index contributed by atoms with van der Waals surface area (Å²) in [5, 5.41) is 5.31. The molecule has 1 heterocycles. The molecule has 2 N–H and O–H groups in total. The average molecular weight is 471 g/mol. The molecule has 174 valence electrons. The number of halogens is 2. The number of hydrogen-bond donors (Lipinski definition) is 2. The van der Waals surface area contributed by atoms with Crippen molar-refractivity contribution in [2.24, 2.45) is 0 Å². The Hall–Kier alpha value is -2.96. The average Bonchev–Trinajstić information content (AvgIpc) is 2.78. The largest absolute Gasteiger partial charge is 0.495 e. The summed E-state index contributed by atoms with van der Waals surface area (Å²) >= 11 is 0. The number of ether oxygens (including phenoxy) is 3. The number of nitrogens with one attached hydrogen (secondary N) is 2. The Labute approximate surface area is 184 Å². The molecule has 0 bridgehead atoms. The van der Waals surface area contributed by atoms with E-state index >= 15 is 0 Å². The Morgan fingerprint density at radius 2 is 1.88 bits per heavy atom. The third-order valence-electron chi connectivity index (χ3n) is 4.58. The number of para-hydroxylation sites is 2. The molecule has 0 aromatic heterocycles. The van der Waals surface area contributed by atoms with Crippen LogP contribution in [0.3, 0.4) is 0 Å². The normalized spacial score (nSPS) is 14.8. The number of rotatable bonds is 9. The van der Waals surface area contributed by atoms with Gasteiger partial charge < -0.3 is 24.8 Å². The lowest BCUT2D eigenvalue weighted by molar-refractivity contribution is -0.114. The highest BCUT2D eigenvalue weighted by Crippen LogP contribution is 2.30. The quantitative estimate of drug-likeness (QED) is 0.578. The maximum absolute atomic E-state index is 13.0. The molecule has 0 saturated carbocycles. The van der Waals surface area contributed by atoms with Gasteiger partial charge in [0.25, 0.3) is 0 Å². The summed E-state index contributed by atoms with van der Waals surface area (Å²) in [4.78, 5) is 12.3. The van der Waals surface area contributed by atoms with E-state index in [-0.39, 0.29) is 47.4 Å². The molecule has 9 nitrogen and oxygen atoms in total. The highest BCUT2D eigenvalue weighted by molar-refractivity contribution is 7.89. The molecule has 2 aromatic rings. The summed E-state index contributed by atoms with van der Waals surface area (Å²) in [6.45, 7) is -2.25. The number of carbonyl (C=O) groups excluding carboxylic acids is 1. The minimum Gasteiger partial charge on any atom is -0.495 e. The fourth-order valence-corrected chi connectivity index (χ4v) is 4.66. The summed E-state index contributed by atoms with van der Waals surface area (Å²) in [7, 11) is -2.51. The predicted molar refractivity (Wildman–Crippen MR) is 113 cm³/mol. The summed E-state index contributed by atoms with van der Waals surface area (Å²) in [5.41, 5.74) is 0.454. The van der Waals surface area contributed by atoms with Crippen LogP contribution in [0.5, 0.6) is 11.5 Å². The third kappa shape index (κ3) is 5.84. The van der Waals surface area contributed by atoms with Crippen molar-refractivity contribution >= 4 is 27.3 Å². The summed E-state index contributed by atoms with van der Waals surface area (Å²) in [6.07, 6.45) is 0. The number of morpholine rings is 1. The van der Waals surface area contributed by atoms with Crippen LogP contribution >= 0.6 is 0 Å². The molecule has 1 saturated heterocycles. The van der Waals surface area contributed by atoms with E-state index in [0.29, 0.717) is 13.2 Å². The van der Waals surface area contributed by atoms with Crippen LogP contribution in [0.25, 0.3) is 0 Å². The topological polar surface area (TPSA) is 106 Å². The second kappa shape index (κ2) is 10.6. The molecule has 3 rings (SSSR count). The molecular formula is C20H23F2N3O6S. The molecule has 0 aliphatic carbocycles. The van der Waals surface area contributed by atoms with Gasteiger partial charge in [0.15, 0.2) is 0 Å². The van der Waals surface area contributed by atoms with E-state index in [4.69, 9.17) is 9.47 Å². The van der Waals surface area contributed by atoms with Crippen molar-refractivity contribution in [3.63, 3.8) is 0 Å². The van der Waals surface area contributed by atoms with E-state index in [9.17, 15) is 22.0 Å². The second-order valence-corrected chi connectivity index (χ2v) is 8.56. The fourth-order valence-electron chi connectivity index (χ4n) is 3.07. The minimum absolute atomic E-state index is 0.0802. The molecule has 0 unspecified atom stereocenters. The smallest absolute Gasteiger partial charge is 0.387 e. The summed E-state index contributed by atoms with van der Waals surface area (Å²) in [6, 6.07) is 10.2. The highest BCUT2D eigenvalue weighted by atomic mass is 32.2. The van der Waals surface area contributed by atoms with Crippen molar-refractivity contribution in [2.45, 2.75) is 11.5 Å². The first-order chi connectivity index (χ1) is 15.3. The number of amides is 1. The first kappa shape index (κ1) is 23.7. The number of hydrogen-bond acceptors (Lipinski definition) is 7. The van der Waals surface area contributed by atoms with Crippen LogP contribution in [0.2, 0.25) is 0 Å². The van der Waals surface area contributed by atoms with Gasteiger partial charge in [-0.1, -0.05) is 12.1 Å². The van der Waals surface area contributed by atoms with Crippen LogP contribution < -0.4 is 20.1 Å². The van der Waals surface area contributed by atoms with Crippen LogP contribution in [0.15, 0.2) is 47.4 Å². The fraction of sp³-hybridized carbons (Fsp3) is 0.350. The molecule has 0 atom stereocenters. The zero-order chi connectivity index (χ0) is 23.1. The number of carbonyl (C=O) groups is 1. The van der Waals surface area contributed by atoms with Crippen LogP contribution in [0, 0.1) is 0 Å². The van der Waals surface area contributed by atoms with Gasteiger partial charge >= 0.3 is 6.61 Å². The van der Waals surface area contributed by atoms with E-state index < -0.39 is 22.5 Å². The third-order valence-corrected chi connectivity index (χ3v) is 6.50. The molecule has 12 heteroatoms. The van der Waals surface area contributed by atoms with Gasteiger partial charge in [0.05, 0.1) is 32.6 Å². The molecule has 0 radical (unpaired) electrons. The van der Waals surface area contributed by atoms with Gasteiger partial charge in [-0.25, -0.2) is 8.42 Å². The summed E-state index contributed by atoms with van der Waals surface area (Å²) in [5.74, 6) is -0.471. The standard InChI is InChI=1S/C20H23F2N3O6S/c1-29-17-7-6-14(12-18(17)32(27,28)25-8-10-30-11-9-25)24-19(26)13-23-15-4-2-3-5-16(15)31-20(21)22/h2-7,12,20,23H,8-11,13H2,1H3,(H,24,26). The predicted octanol–water partition coefficient (Wildman–Crippen LogP) is 2.37. The van der Waals surface area contributed by atoms with Gasteiger partial charge in [0.2, 0.25) is 15.9 Å². The Morgan fingerprint density at radius 3 is 2.56 bits per heavy atom. The Kier molecular flexibility index (Phi) is 7.83. The molecule has 1 aliphatic rings. The maximum atomic E-state index is 13.0. The number of anilines is 2. The minimum atomic E-state index is -3.86. The molecule has 32 heavy (non-hydrogen) atoms. The Balaban J connectivity index is 1.71. The van der Waals surface area contributed by atoms with E-state index in [2.05, 4.69) is 15.4 Å². The van der Waals surface area contributed by atoms with E-state index in [0.717, 1.165) is 0 Å². The lowest BCUT2D eigenvalue weighted by atomic mass is 10.3. The molecule has 1 aliphatic heterocycles. The van der Waals surface area contributed by atoms with E-state index in [1.165, 1.54) is 47.8 Å². The number of sulfonamides is 1. The number of methoxy groups -OCH3 is 1. The van der Waals surface area contributed by atoms with Crippen LogP contribution in [-0.4, -0.2) is 65.2 Å². The van der Waals surface area contributed by atoms with Gasteiger partial charge in [-0.05, 0) is 30.3 Å². The van der Waals surface area contributed by atoms with Gasteiger partial charge in [0.1, 0.15) is 16.4 Å². The first-order valence-electron chi connectivity index (χ1n) is 9.65. The Morgan fingerprint density at radius 1 is 1.16 bits per heavy atom. The van der Waals surface area contributed by atoms with E-state index in [1.807, 2.05) is 0 Å². The maximum Gasteiger partial charge on any atom is 0.387 e. The monoisotopic (exact) mass is 471 g/mol. The lowest BCUT2D eigenvalue weighted by Crippen LogP contribution is -2.40. The number of nitrogens with zero attached hydrogens (tertiary/aromatic N) is 1. The molecule has 1 fully saturated rings. The first-order valence-corrected chi connectivity index (χ1v) is 11.1. The van der Waals surface area contributed by atoms with Crippen molar-refractivity contribution in [2.75, 3.05) is 50.6 Å². The highest BCUT2D eigenvalue weighted by Gasteiger charge is 2.29. The van der Waals surface area contributed by atoms with Crippen LogP contribution in [-0.2, 0) is 19.6 Å². The van der Waals surface area contributed by atoms with Gasteiger partial charge in [-0.2, -0.15) is 13.1 Å². The molecule has 2 aromatic carbocycles. The van der Waals surface area contributed by atoms with E-state index in [1.54, 1.807) is 6.07 Å². The number of alkyl halides is 2. The lowest BCUT2D eigenvalue weighted by Gasteiger charge is -2.26. The molecular weight excluding hydrogens is 448 g/mol. The Bertz CT molecular complexity index is 1050. The zero-order valence-electron chi connectivity index (χ0n) is 17.2. The van der Waals surface area contributed by atoms with Gasteiger partial charge in [-0.3, -0.25) is 4.79 Å². The summed E-state index contributed by atoms with van der Waals surface area (Å²) < 4.78 is 67.2. The van der Waals surface area contributed by atoms with Crippen molar-refractivity contribution in [1.82, 2.24) is 4.31 Å². The van der Waals surface area contributed by atoms with Gasteiger partial charge in [0, 0.05) is 18.8 Å². The molecule has 1 amide bonds. The van der Waals surface area contributed by atoms with Crippen molar-refractivity contribution in [1.29, 1.82) is 0 Å². The second-order valence-electron chi connectivity index (χ2n) is 6.66. The van der Waals surface area contributed by atoms with Gasteiger partial charge in [-0.15, -0.1) is 0 Å². The van der Waals surface area contributed by atoms with Crippen molar-refractivity contribution in [3.8, 4) is 11.5 Å². The molecule has 0 spiro atoms. The van der Waals surface area contributed by atoms with Crippen LogP contribution in [0.4, 0.5) is 20.2 Å². The van der Waals surface area contributed by atoms with Crippen molar-refractivity contribution < 1.29 is 36.2 Å². The van der Waals surface area contributed by atoms with Crippen molar-refractivity contribution in [3.05, 3.63) is 42.5 Å². The van der Waals surface area contributed by atoms with Crippen LogP contribution in [0.1, 0.15) is 0 Å². The number of benzene rings is 2. The zero-order valence-corrected chi connectivity index (χ0v) is 18.0.